The summed E-state index contributed by atoms with van der Waals surface area (Å²) in [4.78, 5) is 0. The molecule has 1 saturated heterocycles. The zero-order valence-corrected chi connectivity index (χ0v) is 12.0. The lowest BCUT2D eigenvalue weighted by molar-refractivity contribution is 0.181. The van der Waals surface area contributed by atoms with E-state index < -0.39 is 0 Å². The zero-order chi connectivity index (χ0) is 14.4. The summed E-state index contributed by atoms with van der Waals surface area (Å²) in [5, 5.41) is 3.45. The molecule has 1 aliphatic heterocycles. The van der Waals surface area contributed by atoms with Gasteiger partial charge in [-0.25, -0.2) is 8.78 Å². The molecule has 1 aliphatic rings. The number of ether oxygens (including phenoxy) is 1. The Kier molecular flexibility index (Phi) is 5.92. The quantitative estimate of drug-likeness (QED) is 0.829. The molecule has 0 radical (unpaired) electrons. The Balaban J connectivity index is 1.99. The average molecular weight is 283 g/mol. The highest BCUT2D eigenvalue weighted by molar-refractivity contribution is 5.19. The summed E-state index contributed by atoms with van der Waals surface area (Å²) in [7, 11) is 0. The normalized spacial score (nSPS) is 20.2. The number of hydrogen-bond acceptors (Lipinski definition) is 2. The second-order valence-corrected chi connectivity index (χ2v) is 5.56. The highest BCUT2D eigenvalue weighted by Crippen LogP contribution is 2.21. The van der Waals surface area contributed by atoms with E-state index in [1.54, 1.807) is 0 Å². The standard InChI is InChI=1S/C16H23F2NO/c1-2-6-19-15(8-12-5-7-20-11-12)10-13-9-14(17)3-4-16(13)18/h3-4,9,12,15,19H,2,5-8,10-11H2,1H3. The van der Waals surface area contributed by atoms with Crippen molar-refractivity contribution in [2.75, 3.05) is 19.8 Å². The minimum absolute atomic E-state index is 0.179. The van der Waals surface area contributed by atoms with Gasteiger partial charge in [0, 0.05) is 19.3 Å². The molecule has 2 unspecified atom stereocenters. The van der Waals surface area contributed by atoms with Gasteiger partial charge in [0.1, 0.15) is 11.6 Å². The Morgan fingerprint density at radius 1 is 1.40 bits per heavy atom. The maximum absolute atomic E-state index is 13.7. The van der Waals surface area contributed by atoms with Crippen molar-refractivity contribution in [3.63, 3.8) is 0 Å². The van der Waals surface area contributed by atoms with Gasteiger partial charge in [-0.05, 0) is 61.9 Å². The second kappa shape index (κ2) is 7.70. The highest BCUT2D eigenvalue weighted by Gasteiger charge is 2.21. The smallest absolute Gasteiger partial charge is 0.126 e. The monoisotopic (exact) mass is 283 g/mol. The Labute approximate surface area is 119 Å². The van der Waals surface area contributed by atoms with Crippen LogP contribution in [0.4, 0.5) is 8.78 Å². The van der Waals surface area contributed by atoms with Crippen LogP contribution in [0, 0.1) is 17.6 Å². The van der Waals surface area contributed by atoms with Crippen molar-refractivity contribution in [1.29, 1.82) is 0 Å². The molecular weight excluding hydrogens is 260 g/mol. The topological polar surface area (TPSA) is 21.3 Å². The summed E-state index contributed by atoms with van der Waals surface area (Å²) >= 11 is 0. The van der Waals surface area contributed by atoms with Gasteiger partial charge in [-0.3, -0.25) is 0 Å². The minimum Gasteiger partial charge on any atom is -0.381 e. The lowest BCUT2D eigenvalue weighted by Gasteiger charge is -2.21. The molecule has 0 aliphatic carbocycles. The third kappa shape index (κ3) is 4.53. The summed E-state index contributed by atoms with van der Waals surface area (Å²) in [6.07, 6.45) is 3.58. The van der Waals surface area contributed by atoms with Crippen LogP contribution < -0.4 is 5.32 Å². The van der Waals surface area contributed by atoms with Gasteiger partial charge in [-0.2, -0.15) is 0 Å². The first-order chi connectivity index (χ1) is 9.69. The maximum atomic E-state index is 13.7. The van der Waals surface area contributed by atoms with Crippen molar-refractivity contribution in [2.24, 2.45) is 5.92 Å². The number of benzene rings is 1. The fourth-order valence-electron chi connectivity index (χ4n) is 2.72. The third-order valence-corrected chi connectivity index (χ3v) is 3.80. The summed E-state index contributed by atoms with van der Waals surface area (Å²) in [5.74, 6) is -0.168. The Bertz CT molecular complexity index is 419. The third-order valence-electron chi connectivity index (χ3n) is 3.80. The Morgan fingerprint density at radius 3 is 2.95 bits per heavy atom. The SMILES string of the molecule is CCCNC(Cc1cc(F)ccc1F)CC1CCOC1. The van der Waals surface area contributed by atoms with Crippen molar-refractivity contribution in [3.05, 3.63) is 35.4 Å². The van der Waals surface area contributed by atoms with Crippen molar-refractivity contribution < 1.29 is 13.5 Å². The number of nitrogens with one attached hydrogen (secondary N) is 1. The van der Waals surface area contributed by atoms with E-state index in [0.717, 1.165) is 45.1 Å². The van der Waals surface area contributed by atoms with E-state index in [2.05, 4.69) is 12.2 Å². The Morgan fingerprint density at radius 2 is 2.25 bits per heavy atom. The molecule has 2 atom stereocenters. The van der Waals surface area contributed by atoms with Gasteiger partial charge in [-0.15, -0.1) is 0 Å². The fraction of sp³-hybridized carbons (Fsp3) is 0.625. The van der Waals surface area contributed by atoms with Gasteiger partial charge in [0.25, 0.3) is 0 Å². The molecule has 0 amide bonds. The van der Waals surface area contributed by atoms with Crippen LogP contribution in [0.2, 0.25) is 0 Å². The molecule has 2 rings (SSSR count). The predicted molar refractivity (Wildman–Crippen MR) is 75.7 cm³/mol. The van der Waals surface area contributed by atoms with Gasteiger partial charge < -0.3 is 10.1 Å². The lowest BCUT2D eigenvalue weighted by atomic mass is 9.94. The van der Waals surface area contributed by atoms with Crippen LogP contribution in [0.15, 0.2) is 18.2 Å². The molecule has 0 spiro atoms. The molecule has 1 aromatic carbocycles. The molecule has 1 N–H and O–H groups in total. The molecule has 4 heteroatoms. The van der Waals surface area contributed by atoms with Crippen molar-refractivity contribution in [1.82, 2.24) is 5.32 Å². The minimum atomic E-state index is -0.375. The van der Waals surface area contributed by atoms with Gasteiger partial charge in [0.05, 0.1) is 0 Å². The van der Waals surface area contributed by atoms with Gasteiger partial charge in [0.2, 0.25) is 0 Å². The first-order valence-corrected chi connectivity index (χ1v) is 7.44. The molecule has 0 aromatic heterocycles. The van der Waals surface area contributed by atoms with Crippen LogP contribution in [0.1, 0.15) is 31.7 Å². The number of hydrogen-bond donors (Lipinski definition) is 1. The molecule has 0 bridgehead atoms. The van der Waals surface area contributed by atoms with E-state index in [4.69, 9.17) is 4.74 Å². The largest absolute Gasteiger partial charge is 0.381 e. The Hall–Kier alpha value is -1.00. The van der Waals surface area contributed by atoms with E-state index >= 15 is 0 Å². The predicted octanol–water partition coefficient (Wildman–Crippen LogP) is 3.30. The second-order valence-electron chi connectivity index (χ2n) is 5.56. The van der Waals surface area contributed by atoms with Crippen LogP contribution in [-0.4, -0.2) is 25.8 Å². The molecule has 1 fully saturated rings. The molecular formula is C16H23F2NO. The maximum Gasteiger partial charge on any atom is 0.126 e. The molecule has 1 aromatic rings. The molecule has 0 saturated carbocycles. The van der Waals surface area contributed by atoms with Crippen molar-refractivity contribution in [2.45, 2.75) is 38.6 Å². The van der Waals surface area contributed by atoms with E-state index in [-0.39, 0.29) is 17.7 Å². The van der Waals surface area contributed by atoms with Crippen LogP contribution in [0.3, 0.4) is 0 Å². The molecule has 1 heterocycles. The fourth-order valence-corrected chi connectivity index (χ4v) is 2.72. The van der Waals surface area contributed by atoms with Crippen molar-refractivity contribution in [3.8, 4) is 0 Å². The van der Waals surface area contributed by atoms with Crippen LogP contribution in [0.25, 0.3) is 0 Å². The summed E-state index contributed by atoms with van der Waals surface area (Å²) in [5.41, 5.74) is 0.456. The summed E-state index contributed by atoms with van der Waals surface area (Å²) in [6.45, 7) is 4.61. The zero-order valence-electron chi connectivity index (χ0n) is 12.0. The lowest BCUT2D eigenvalue weighted by Crippen LogP contribution is -2.34. The van der Waals surface area contributed by atoms with Gasteiger partial charge in [0.15, 0.2) is 0 Å². The summed E-state index contributed by atoms with van der Waals surface area (Å²) < 4.78 is 32.4. The van der Waals surface area contributed by atoms with E-state index in [9.17, 15) is 8.78 Å². The highest BCUT2D eigenvalue weighted by atomic mass is 19.1. The van der Waals surface area contributed by atoms with Crippen molar-refractivity contribution >= 4 is 0 Å². The van der Waals surface area contributed by atoms with Crippen LogP contribution >= 0.6 is 0 Å². The van der Waals surface area contributed by atoms with E-state index in [1.807, 2.05) is 0 Å². The van der Waals surface area contributed by atoms with E-state index in [0.29, 0.717) is 17.9 Å². The van der Waals surface area contributed by atoms with E-state index in [1.165, 1.54) is 12.1 Å². The first kappa shape index (κ1) is 15.4. The molecule has 2 nitrogen and oxygen atoms in total. The molecule has 112 valence electrons. The van der Waals surface area contributed by atoms with Gasteiger partial charge >= 0.3 is 0 Å². The number of rotatable bonds is 7. The average Bonchev–Trinajstić information content (AvgIpc) is 2.93. The molecule has 20 heavy (non-hydrogen) atoms. The van der Waals surface area contributed by atoms with Crippen LogP contribution in [0.5, 0.6) is 0 Å². The van der Waals surface area contributed by atoms with Crippen LogP contribution in [-0.2, 0) is 11.2 Å². The first-order valence-electron chi connectivity index (χ1n) is 7.44. The van der Waals surface area contributed by atoms with Gasteiger partial charge in [-0.1, -0.05) is 6.92 Å². The summed E-state index contributed by atoms with van der Waals surface area (Å²) in [6, 6.07) is 3.86. The number of halogens is 2.